The second-order valence-electron chi connectivity index (χ2n) is 7.68. The highest BCUT2D eigenvalue weighted by molar-refractivity contribution is 5.95. The third kappa shape index (κ3) is 5.14. The van der Waals surface area contributed by atoms with Gasteiger partial charge in [-0.3, -0.25) is 9.78 Å². The first kappa shape index (κ1) is 20.6. The Bertz CT molecular complexity index is 851. The van der Waals surface area contributed by atoms with Crippen LogP contribution in [0, 0.1) is 18.3 Å². The fourth-order valence-electron chi connectivity index (χ4n) is 3.12. The topological polar surface area (TPSA) is 99.3 Å². The van der Waals surface area contributed by atoms with Crippen molar-refractivity contribution < 1.29 is 19.1 Å². The molecule has 0 atom stereocenters. The maximum atomic E-state index is 12.5. The van der Waals surface area contributed by atoms with Gasteiger partial charge in [-0.05, 0) is 44.9 Å². The molecule has 1 aliphatic carbocycles. The number of anilines is 1. The maximum absolute atomic E-state index is 12.5. The van der Waals surface area contributed by atoms with Gasteiger partial charge in [0.05, 0.1) is 16.3 Å². The van der Waals surface area contributed by atoms with Gasteiger partial charge in [-0.1, -0.05) is 25.3 Å². The third-order valence-corrected chi connectivity index (χ3v) is 5.00. The van der Waals surface area contributed by atoms with Crippen LogP contribution in [0.5, 0.6) is 5.75 Å². The normalized spacial score (nSPS) is 13.9. The van der Waals surface area contributed by atoms with Gasteiger partial charge in [0, 0.05) is 17.8 Å². The van der Waals surface area contributed by atoms with Crippen LogP contribution >= 0.6 is 0 Å². The quantitative estimate of drug-likeness (QED) is 0.832. The first-order valence-electron chi connectivity index (χ1n) is 9.09. The molecule has 1 fully saturated rings. The van der Waals surface area contributed by atoms with Gasteiger partial charge in [0.1, 0.15) is 18.1 Å². The maximum Gasteiger partial charge on any atom is 0.373 e. The van der Waals surface area contributed by atoms with E-state index in [0.717, 1.165) is 16.6 Å². The number of carbonyl (C=O) groups excluding carboxylic acids is 3. The Hall–Kier alpha value is -2.72. The molecule has 0 radical (unpaired) electrons. The molecular weight excluding hydrogens is 344 g/mol. The average molecular weight is 370 g/mol. The Kier molecular flexibility index (Phi) is 6.70. The van der Waals surface area contributed by atoms with E-state index in [1.165, 1.54) is 19.3 Å². The SMILES string of the molecule is Cc1cc(N)c2c(OCC(C)(C)C(=O)CC3CCC3)cccc2n1.O=C=O. The largest absolute Gasteiger partial charge is 0.492 e. The molecule has 1 aromatic carbocycles. The van der Waals surface area contributed by atoms with E-state index in [-0.39, 0.29) is 11.9 Å². The van der Waals surface area contributed by atoms with E-state index in [2.05, 4.69) is 4.98 Å². The molecule has 0 bridgehead atoms. The zero-order valence-corrected chi connectivity index (χ0v) is 16.1. The van der Waals surface area contributed by atoms with Gasteiger partial charge in [0.25, 0.3) is 0 Å². The molecule has 1 aliphatic rings. The zero-order valence-electron chi connectivity index (χ0n) is 16.1. The minimum Gasteiger partial charge on any atom is -0.492 e. The lowest BCUT2D eigenvalue weighted by molar-refractivity contribution is -0.191. The summed E-state index contributed by atoms with van der Waals surface area (Å²) in [7, 11) is 0. The Morgan fingerprint density at radius 3 is 2.59 bits per heavy atom. The second-order valence-corrected chi connectivity index (χ2v) is 7.68. The molecule has 1 heterocycles. The molecule has 0 amide bonds. The monoisotopic (exact) mass is 370 g/mol. The molecule has 1 saturated carbocycles. The number of ketones is 1. The molecule has 0 saturated heterocycles. The Morgan fingerprint density at radius 1 is 1.33 bits per heavy atom. The van der Waals surface area contributed by atoms with Gasteiger partial charge in [-0.15, -0.1) is 0 Å². The first-order chi connectivity index (χ1) is 12.8. The van der Waals surface area contributed by atoms with Crippen molar-refractivity contribution >= 4 is 28.5 Å². The van der Waals surface area contributed by atoms with Gasteiger partial charge >= 0.3 is 6.15 Å². The summed E-state index contributed by atoms with van der Waals surface area (Å²) in [4.78, 5) is 33.3. The number of pyridine rings is 1. The number of Topliss-reactive ketones (excluding diaryl/α,β-unsaturated/α-hetero) is 1. The zero-order chi connectivity index (χ0) is 20.0. The van der Waals surface area contributed by atoms with Crippen LogP contribution in [0.1, 0.15) is 45.2 Å². The van der Waals surface area contributed by atoms with Crippen molar-refractivity contribution in [3.8, 4) is 5.75 Å². The van der Waals surface area contributed by atoms with E-state index in [1.54, 1.807) is 0 Å². The number of aromatic nitrogens is 1. The standard InChI is InChI=1S/C20H26N2O2.CO2/c1-13-10-15(21)19-16(22-13)8-5-9-17(19)24-12-20(2,3)18(23)11-14-6-4-7-14;2-1-3/h5,8-10,14H,4,6-7,11-12H2,1-3H3,(H2,21,22);. The number of aryl methyl sites for hydroxylation is 1. The predicted molar refractivity (Wildman–Crippen MR) is 102 cm³/mol. The number of hydrogen-bond acceptors (Lipinski definition) is 6. The van der Waals surface area contributed by atoms with Gasteiger partial charge in [0.15, 0.2) is 0 Å². The summed E-state index contributed by atoms with van der Waals surface area (Å²) < 4.78 is 6.02. The summed E-state index contributed by atoms with van der Waals surface area (Å²) in [5.74, 6) is 1.56. The molecule has 2 N–H and O–H groups in total. The van der Waals surface area contributed by atoms with Crippen LogP contribution in [0.4, 0.5) is 5.69 Å². The van der Waals surface area contributed by atoms with Crippen molar-refractivity contribution in [2.24, 2.45) is 11.3 Å². The van der Waals surface area contributed by atoms with E-state index in [4.69, 9.17) is 20.1 Å². The van der Waals surface area contributed by atoms with Crippen molar-refractivity contribution in [3.63, 3.8) is 0 Å². The van der Waals surface area contributed by atoms with E-state index in [1.807, 2.05) is 45.0 Å². The van der Waals surface area contributed by atoms with Gasteiger partial charge in [-0.25, -0.2) is 0 Å². The van der Waals surface area contributed by atoms with Gasteiger partial charge < -0.3 is 10.5 Å². The number of nitrogen functional groups attached to an aromatic ring is 1. The summed E-state index contributed by atoms with van der Waals surface area (Å²) in [6.07, 6.45) is 4.56. The molecule has 27 heavy (non-hydrogen) atoms. The molecular formula is C21H26N2O4. The van der Waals surface area contributed by atoms with Crippen molar-refractivity contribution in [3.05, 3.63) is 30.0 Å². The predicted octanol–water partition coefficient (Wildman–Crippen LogP) is 3.71. The molecule has 144 valence electrons. The number of carbonyl (C=O) groups is 1. The van der Waals surface area contributed by atoms with Crippen LogP contribution in [0.15, 0.2) is 24.3 Å². The number of rotatable bonds is 6. The smallest absolute Gasteiger partial charge is 0.373 e. The highest BCUT2D eigenvalue weighted by Crippen LogP contribution is 2.34. The minimum absolute atomic E-state index is 0.250. The summed E-state index contributed by atoms with van der Waals surface area (Å²) in [5, 5.41) is 0.824. The lowest BCUT2D eigenvalue weighted by Gasteiger charge is -2.30. The molecule has 3 rings (SSSR count). The number of nitrogens with zero attached hydrogens (tertiary/aromatic N) is 1. The van der Waals surface area contributed by atoms with E-state index >= 15 is 0 Å². The lowest BCUT2D eigenvalue weighted by atomic mass is 9.76. The van der Waals surface area contributed by atoms with Crippen LogP contribution < -0.4 is 10.5 Å². The van der Waals surface area contributed by atoms with Crippen molar-refractivity contribution in [1.29, 1.82) is 0 Å². The summed E-state index contributed by atoms with van der Waals surface area (Å²) in [6.45, 7) is 6.20. The fourth-order valence-corrected chi connectivity index (χ4v) is 3.12. The number of fused-ring (bicyclic) bond motifs is 1. The van der Waals surface area contributed by atoms with Crippen LogP contribution in [0.3, 0.4) is 0 Å². The highest BCUT2D eigenvalue weighted by Gasteiger charge is 2.32. The van der Waals surface area contributed by atoms with Crippen LogP contribution in [0.25, 0.3) is 10.9 Å². The highest BCUT2D eigenvalue weighted by atomic mass is 16.5. The summed E-state index contributed by atoms with van der Waals surface area (Å²) in [5.41, 5.74) is 8.03. The van der Waals surface area contributed by atoms with Crippen molar-refractivity contribution in [2.45, 2.75) is 46.5 Å². The fraction of sp³-hybridized carbons (Fsp3) is 0.476. The molecule has 0 unspecified atom stereocenters. The molecule has 6 nitrogen and oxygen atoms in total. The van der Waals surface area contributed by atoms with E-state index in [0.29, 0.717) is 30.4 Å². The number of nitrogens with two attached hydrogens (primary N) is 1. The van der Waals surface area contributed by atoms with Crippen molar-refractivity contribution in [2.75, 3.05) is 12.3 Å². The van der Waals surface area contributed by atoms with Crippen LogP contribution in [-0.2, 0) is 14.4 Å². The Morgan fingerprint density at radius 2 is 2.00 bits per heavy atom. The summed E-state index contributed by atoms with van der Waals surface area (Å²) >= 11 is 0. The van der Waals surface area contributed by atoms with Gasteiger partial charge in [-0.2, -0.15) is 9.59 Å². The second kappa shape index (κ2) is 8.78. The third-order valence-electron chi connectivity index (χ3n) is 5.00. The number of ether oxygens (including phenoxy) is 1. The number of hydrogen-bond donors (Lipinski definition) is 1. The summed E-state index contributed by atoms with van der Waals surface area (Å²) in [6, 6.07) is 7.58. The average Bonchev–Trinajstić information content (AvgIpc) is 2.56. The van der Waals surface area contributed by atoms with E-state index < -0.39 is 5.41 Å². The molecule has 6 heteroatoms. The van der Waals surface area contributed by atoms with Crippen LogP contribution in [0.2, 0.25) is 0 Å². The van der Waals surface area contributed by atoms with Crippen molar-refractivity contribution in [1.82, 2.24) is 4.98 Å². The lowest BCUT2D eigenvalue weighted by Crippen LogP contribution is -2.33. The first-order valence-corrected chi connectivity index (χ1v) is 9.09. The Labute approximate surface area is 159 Å². The Balaban J connectivity index is 0.000000817. The van der Waals surface area contributed by atoms with Gasteiger partial charge in [0.2, 0.25) is 0 Å². The minimum atomic E-state index is -0.495. The molecule has 2 aromatic rings. The number of benzene rings is 1. The molecule has 0 aliphatic heterocycles. The van der Waals surface area contributed by atoms with Crippen LogP contribution in [-0.4, -0.2) is 23.5 Å². The molecule has 1 aromatic heterocycles. The van der Waals surface area contributed by atoms with E-state index in [9.17, 15) is 4.79 Å². The molecule has 0 spiro atoms.